The number of methoxy groups -OCH3 is 1. The number of carbonyl (C=O) groups is 1. The van der Waals surface area contributed by atoms with Crippen LogP contribution in [-0.2, 0) is 16.1 Å². The maximum atomic E-state index is 15.0. The number of aromatic nitrogens is 2. The minimum absolute atomic E-state index is 0.142. The van der Waals surface area contributed by atoms with Crippen LogP contribution in [0.1, 0.15) is 0 Å². The Morgan fingerprint density at radius 1 is 1.19 bits per heavy atom. The maximum absolute atomic E-state index is 15.0. The van der Waals surface area contributed by atoms with Gasteiger partial charge >= 0.3 is 5.69 Å². The van der Waals surface area contributed by atoms with Crippen molar-refractivity contribution in [1.29, 1.82) is 0 Å². The Hall–Kier alpha value is -2.95. The van der Waals surface area contributed by atoms with Crippen LogP contribution >= 0.6 is 22.5 Å². The van der Waals surface area contributed by atoms with Gasteiger partial charge in [0.25, 0.3) is 0 Å². The van der Waals surface area contributed by atoms with E-state index in [1.54, 1.807) is 28.7 Å². The molecule has 2 atom stereocenters. The van der Waals surface area contributed by atoms with E-state index in [-0.39, 0.29) is 18.6 Å². The molecule has 5 rings (SSSR count). The summed E-state index contributed by atoms with van der Waals surface area (Å²) in [6, 6.07) is 7.10. The minimum Gasteiger partial charge on any atom is -0.379 e. The van der Waals surface area contributed by atoms with Crippen molar-refractivity contribution in [3.05, 3.63) is 70.1 Å². The first-order valence-electron chi connectivity index (χ1n) is 11.5. The molecule has 0 bridgehead atoms. The molecular weight excluding hydrogens is 510 g/mol. The molecule has 36 heavy (non-hydrogen) atoms. The Morgan fingerprint density at radius 2 is 1.94 bits per heavy atom. The Labute approximate surface area is 214 Å². The van der Waals surface area contributed by atoms with Crippen molar-refractivity contribution >= 4 is 45.1 Å². The fraction of sp³-hybridized carbons (Fsp3) is 0.320. The summed E-state index contributed by atoms with van der Waals surface area (Å²) < 4.78 is 36.0. The van der Waals surface area contributed by atoms with Gasteiger partial charge in [0.1, 0.15) is 17.5 Å². The molecule has 2 aromatic carbocycles. The van der Waals surface area contributed by atoms with Crippen LogP contribution in [0.3, 0.4) is 0 Å². The molecule has 2 aliphatic heterocycles. The number of nitrogens with zero attached hydrogens (tertiary/aromatic N) is 4. The van der Waals surface area contributed by atoms with E-state index in [9.17, 15) is 14.0 Å². The van der Waals surface area contributed by atoms with Crippen LogP contribution in [-0.4, -0.2) is 65.5 Å². The van der Waals surface area contributed by atoms with Crippen LogP contribution in [0, 0.1) is 11.6 Å². The largest absolute Gasteiger partial charge is 0.379 e. The molecule has 190 valence electrons. The van der Waals surface area contributed by atoms with Gasteiger partial charge in [-0.15, -0.1) is 0 Å². The first kappa shape index (κ1) is 24.7. The lowest BCUT2D eigenvalue weighted by Crippen LogP contribution is -2.49. The van der Waals surface area contributed by atoms with E-state index in [0.717, 1.165) is 11.0 Å². The SMILES string of the molecule is C=CC(=O)N1CCN(c2nc(=O)n3c4c(cc(Cl)cc24)[SH](c2ccc(F)cc2F)C[C@@H](OC)C3)CC1. The van der Waals surface area contributed by atoms with E-state index in [0.29, 0.717) is 58.6 Å². The molecule has 1 aromatic heterocycles. The summed E-state index contributed by atoms with van der Waals surface area (Å²) in [7, 11) is 0.177. The number of thiol groups is 1. The lowest BCUT2D eigenvalue weighted by atomic mass is 10.2. The number of benzene rings is 2. The van der Waals surface area contributed by atoms with Crippen molar-refractivity contribution in [3.63, 3.8) is 0 Å². The predicted molar refractivity (Wildman–Crippen MR) is 138 cm³/mol. The van der Waals surface area contributed by atoms with Gasteiger partial charge in [-0.25, -0.2) is 13.6 Å². The average Bonchev–Trinajstić information content (AvgIpc) is 3.03. The number of amides is 1. The third-order valence-corrected chi connectivity index (χ3v) is 9.52. The molecular formula is C25H25ClF2N4O3S. The normalized spacial score (nSPS) is 20.9. The smallest absolute Gasteiger partial charge is 0.350 e. The van der Waals surface area contributed by atoms with Crippen LogP contribution in [0.2, 0.25) is 5.02 Å². The number of carbonyl (C=O) groups excluding carboxylic acids is 1. The molecule has 0 radical (unpaired) electrons. The van der Waals surface area contributed by atoms with Crippen molar-refractivity contribution in [1.82, 2.24) is 14.5 Å². The van der Waals surface area contributed by atoms with Gasteiger partial charge in [0.2, 0.25) is 5.91 Å². The van der Waals surface area contributed by atoms with Crippen molar-refractivity contribution < 1.29 is 18.3 Å². The van der Waals surface area contributed by atoms with E-state index in [2.05, 4.69) is 11.6 Å². The van der Waals surface area contributed by atoms with Crippen molar-refractivity contribution in [2.24, 2.45) is 0 Å². The second-order valence-electron chi connectivity index (χ2n) is 8.73. The Balaban J connectivity index is 1.69. The number of hydrogen-bond acceptors (Lipinski definition) is 5. The molecule has 3 aromatic rings. The van der Waals surface area contributed by atoms with E-state index in [4.69, 9.17) is 16.3 Å². The molecule has 0 spiro atoms. The molecule has 0 saturated carbocycles. The van der Waals surface area contributed by atoms with Crippen molar-refractivity contribution in [3.8, 4) is 0 Å². The highest BCUT2D eigenvalue weighted by molar-refractivity contribution is 8.17. The molecule has 1 saturated heterocycles. The van der Waals surface area contributed by atoms with Gasteiger partial charge in [-0.2, -0.15) is 15.9 Å². The molecule has 1 fully saturated rings. The number of piperazine rings is 1. The zero-order valence-electron chi connectivity index (χ0n) is 19.6. The first-order valence-corrected chi connectivity index (χ1v) is 13.4. The minimum atomic E-state index is -1.37. The molecule has 0 aliphatic carbocycles. The Morgan fingerprint density at radius 3 is 2.61 bits per heavy atom. The van der Waals surface area contributed by atoms with Crippen LogP contribution in [0.25, 0.3) is 10.9 Å². The third-order valence-electron chi connectivity index (χ3n) is 6.66. The summed E-state index contributed by atoms with van der Waals surface area (Å²) in [5, 5.41) is 1.10. The van der Waals surface area contributed by atoms with Crippen LogP contribution < -0.4 is 10.6 Å². The second-order valence-corrected chi connectivity index (χ2v) is 11.4. The Bertz CT molecular complexity index is 1420. The number of hydrogen-bond donors (Lipinski definition) is 1. The average molecular weight is 535 g/mol. The summed E-state index contributed by atoms with van der Waals surface area (Å²) >= 11 is 6.58. The lowest BCUT2D eigenvalue weighted by molar-refractivity contribution is -0.126. The number of ether oxygens (including phenoxy) is 1. The van der Waals surface area contributed by atoms with Crippen molar-refractivity contribution in [2.75, 3.05) is 43.9 Å². The van der Waals surface area contributed by atoms with Crippen LogP contribution in [0.5, 0.6) is 0 Å². The predicted octanol–water partition coefficient (Wildman–Crippen LogP) is 3.61. The van der Waals surface area contributed by atoms with Gasteiger partial charge in [0.15, 0.2) is 0 Å². The summed E-state index contributed by atoms with van der Waals surface area (Å²) in [4.78, 5) is 34.5. The molecule has 1 unspecified atom stereocenters. The zero-order chi connectivity index (χ0) is 25.6. The third kappa shape index (κ3) is 4.38. The van der Waals surface area contributed by atoms with Gasteiger partial charge in [0, 0.05) is 65.3 Å². The number of anilines is 1. The van der Waals surface area contributed by atoms with Gasteiger partial charge in [0.05, 0.1) is 18.2 Å². The van der Waals surface area contributed by atoms with E-state index in [1.165, 1.54) is 18.2 Å². The highest BCUT2D eigenvalue weighted by Crippen LogP contribution is 2.52. The molecule has 11 heteroatoms. The van der Waals surface area contributed by atoms with E-state index < -0.39 is 28.2 Å². The summed E-state index contributed by atoms with van der Waals surface area (Å²) in [6.45, 7) is 5.68. The van der Waals surface area contributed by atoms with Crippen molar-refractivity contribution in [2.45, 2.75) is 22.4 Å². The number of rotatable bonds is 4. The summed E-state index contributed by atoms with van der Waals surface area (Å²) in [6.07, 6.45) is 0.906. The summed E-state index contributed by atoms with van der Waals surface area (Å²) in [5.74, 6) is -0.527. The van der Waals surface area contributed by atoms with Gasteiger partial charge in [-0.1, -0.05) is 18.2 Å². The summed E-state index contributed by atoms with van der Waals surface area (Å²) in [5.41, 5.74) is 0.192. The van der Waals surface area contributed by atoms with E-state index in [1.807, 2.05) is 4.90 Å². The number of halogens is 3. The molecule has 0 N–H and O–H groups in total. The maximum Gasteiger partial charge on any atom is 0.350 e. The molecule has 2 aliphatic rings. The lowest BCUT2D eigenvalue weighted by Gasteiger charge is -2.35. The van der Waals surface area contributed by atoms with Crippen LogP contribution in [0.4, 0.5) is 14.6 Å². The second kappa shape index (κ2) is 9.84. The highest BCUT2D eigenvalue weighted by atomic mass is 35.5. The Kier molecular flexibility index (Phi) is 6.76. The van der Waals surface area contributed by atoms with Crippen LogP contribution in [0.15, 0.2) is 57.6 Å². The fourth-order valence-electron chi connectivity index (χ4n) is 4.87. The van der Waals surface area contributed by atoms with Gasteiger partial charge in [-0.05, 0) is 30.3 Å². The standard InChI is InChI=1S/C25H25ClF2N4O3S/c1-3-22(33)30-6-8-31(9-7-30)24-18-10-15(26)11-21-23(18)32(25(34)29-24)13-17(35-2)14-36(21)20-5-4-16(27)12-19(20)28/h3-5,10-12,17,36H,1,6-9,13-14H2,2H3/t17-/m0/s1. The quantitative estimate of drug-likeness (QED) is 0.409. The monoisotopic (exact) mass is 534 g/mol. The van der Waals surface area contributed by atoms with Gasteiger partial charge < -0.3 is 14.5 Å². The topological polar surface area (TPSA) is 67.7 Å². The molecule has 3 heterocycles. The molecule has 7 nitrogen and oxygen atoms in total. The molecule has 1 amide bonds. The highest BCUT2D eigenvalue weighted by Gasteiger charge is 2.31. The fourth-order valence-corrected chi connectivity index (χ4v) is 7.86. The first-order chi connectivity index (χ1) is 17.3. The van der Waals surface area contributed by atoms with Gasteiger partial charge in [-0.3, -0.25) is 9.36 Å². The zero-order valence-corrected chi connectivity index (χ0v) is 21.2. The van der Waals surface area contributed by atoms with E-state index >= 15 is 4.39 Å².